The Bertz CT molecular complexity index is 1550. The third kappa shape index (κ3) is 6.71. The normalized spacial score (nSPS) is 34.8. The number of Topliss-reactive ketones (excluding diaryl/α,β-unsaturated/α-hetero) is 1. The summed E-state index contributed by atoms with van der Waals surface area (Å²) >= 11 is 1.34. The van der Waals surface area contributed by atoms with Gasteiger partial charge in [0.15, 0.2) is 0 Å². The molecule has 0 aromatic heterocycles. The molecular weight excluding hydrogens is 635 g/mol. The minimum atomic E-state index is -0.699. The van der Waals surface area contributed by atoms with Gasteiger partial charge in [-0.1, -0.05) is 64.1 Å². The van der Waals surface area contributed by atoms with E-state index in [4.69, 9.17) is 4.74 Å². The third-order valence-corrected chi connectivity index (χ3v) is 14.0. The van der Waals surface area contributed by atoms with Gasteiger partial charge in [-0.15, -0.1) is 18.3 Å². The van der Waals surface area contributed by atoms with Crippen LogP contribution in [-0.4, -0.2) is 78.4 Å². The van der Waals surface area contributed by atoms with Gasteiger partial charge in [0, 0.05) is 59.9 Å². The molecule has 49 heavy (non-hydrogen) atoms. The molecule has 1 heterocycles. The van der Waals surface area contributed by atoms with Crippen molar-refractivity contribution in [3.05, 3.63) is 67.3 Å². The second-order valence-corrected chi connectivity index (χ2v) is 16.5. The van der Waals surface area contributed by atoms with E-state index in [2.05, 4.69) is 54.6 Å². The Morgan fingerprint density at radius 2 is 1.73 bits per heavy atom. The molecule has 9 heteroatoms. The van der Waals surface area contributed by atoms with Gasteiger partial charge in [-0.25, -0.2) is 0 Å². The predicted molar refractivity (Wildman–Crippen MR) is 196 cm³/mol. The highest BCUT2D eigenvalue weighted by molar-refractivity contribution is 8.00. The van der Waals surface area contributed by atoms with Gasteiger partial charge in [0.1, 0.15) is 11.9 Å². The Hall–Kier alpha value is -3.14. The molecule has 3 aliphatic carbocycles. The van der Waals surface area contributed by atoms with E-state index < -0.39 is 23.0 Å². The number of amides is 1. The van der Waals surface area contributed by atoms with Gasteiger partial charge in [-0.2, -0.15) is 0 Å². The lowest BCUT2D eigenvalue weighted by Crippen LogP contribution is -2.63. The van der Waals surface area contributed by atoms with Crippen molar-refractivity contribution in [1.29, 1.82) is 0 Å². The molecule has 4 aliphatic rings. The van der Waals surface area contributed by atoms with Crippen molar-refractivity contribution >= 4 is 40.8 Å². The summed E-state index contributed by atoms with van der Waals surface area (Å²) in [5.41, 5.74) is 0.335. The number of aliphatic hydroxyl groups is 1. The van der Waals surface area contributed by atoms with Crippen LogP contribution in [0.2, 0.25) is 0 Å². The maximum absolute atomic E-state index is 13.7. The van der Waals surface area contributed by atoms with Gasteiger partial charge in [-0.3, -0.25) is 19.3 Å². The average molecular weight is 688 g/mol. The van der Waals surface area contributed by atoms with Crippen LogP contribution in [0.25, 0.3) is 0 Å². The van der Waals surface area contributed by atoms with Crippen LogP contribution in [0.5, 0.6) is 0 Å². The van der Waals surface area contributed by atoms with Gasteiger partial charge >= 0.3 is 5.97 Å². The number of thioether (sulfide) groups is 1. The van der Waals surface area contributed by atoms with Crippen molar-refractivity contribution in [1.82, 2.24) is 4.90 Å². The minimum absolute atomic E-state index is 0.0583. The first-order chi connectivity index (χ1) is 23.4. The van der Waals surface area contributed by atoms with E-state index in [0.29, 0.717) is 25.1 Å². The van der Waals surface area contributed by atoms with Crippen LogP contribution in [0.15, 0.2) is 72.1 Å². The predicted octanol–water partition coefficient (Wildman–Crippen LogP) is 6.45. The molecule has 2 N–H and O–H groups in total. The molecule has 1 aliphatic heterocycles. The van der Waals surface area contributed by atoms with Crippen LogP contribution in [0, 0.1) is 34.0 Å². The number of benzene rings is 2. The fourth-order valence-electron chi connectivity index (χ4n) is 9.72. The maximum Gasteiger partial charge on any atom is 0.316 e. The topological polar surface area (TPSA) is 99.2 Å². The quantitative estimate of drug-likeness (QED) is 0.177. The maximum atomic E-state index is 13.7. The van der Waals surface area contributed by atoms with Crippen molar-refractivity contribution in [2.24, 2.45) is 34.0 Å². The van der Waals surface area contributed by atoms with E-state index in [0.717, 1.165) is 50.3 Å². The Kier molecular flexibility index (Phi) is 10.4. The molecule has 1 saturated heterocycles. The summed E-state index contributed by atoms with van der Waals surface area (Å²) in [7, 11) is 0. The summed E-state index contributed by atoms with van der Waals surface area (Å²) in [5, 5.41) is 14.9. The molecule has 4 fully saturated rings. The lowest BCUT2D eigenvalue weighted by molar-refractivity contribution is -0.205. The van der Waals surface area contributed by atoms with Crippen LogP contribution in [-0.2, 0) is 19.1 Å². The Labute approximate surface area is 296 Å². The van der Waals surface area contributed by atoms with Crippen molar-refractivity contribution in [2.75, 3.05) is 48.7 Å². The molecule has 2 bridgehead atoms. The van der Waals surface area contributed by atoms with Crippen LogP contribution in [0.4, 0.5) is 11.4 Å². The van der Waals surface area contributed by atoms with E-state index in [-0.39, 0.29) is 46.6 Å². The number of carbonyl (C=O) groups excluding carboxylic acids is 3. The number of ether oxygens (including phenoxy) is 1. The first-order valence-corrected chi connectivity index (χ1v) is 19.0. The number of ketones is 1. The van der Waals surface area contributed by atoms with Crippen molar-refractivity contribution in [2.45, 2.75) is 76.9 Å². The first kappa shape index (κ1) is 35.7. The summed E-state index contributed by atoms with van der Waals surface area (Å²) in [5.74, 6) is -0.304. The number of nitrogens with zero attached hydrogens (tertiary/aromatic N) is 2. The SMILES string of the molecule is C=C[C@]1(C)C[C@@H](OC(=O)CSc2ccccc2NC(=O)CN2CCN(c3ccccc3)CC2)[C@]2(C)[C@H](C)CC[C@]3(CCC(=O)[C@H]32)[C@@H](C)[C@@H]1O. The Morgan fingerprint density at radius 3 is 2.45 bits per heavy atom. The van der Waals surface area contributed by atoms with Crippen molar-refractivity contribution < 1.29 is 24.2 Å². The number of nitrogens with one attached hydrogen (secondary N) is 1. The zero-order valence-corrected chi connectivity index (χ0v) is 30.3. The largest absolute Gasteiger partial charge is 0.461 e. The van der Waals surface area contributed by atoms with Crippen LogP contribution in [0.1, 0.15) is 59.8 Å². The fourth-order valence-corrected chi connectivity index (χ4v) is 10.5. The zero-order valence-electron chi connectivity index (χ0n) is 29.5. The Morgan fingerprint density at radius 1 is 1.04 bits per heavy atom. The summed E-state index contributed by atoms with van der Waals surface area (Å²) in [6, 6.07) is 17.9. The van der Waals surface area contributed by atoms with E-state index >= 15 is 0 Å². The van der Waals surface area contributed by atoms with Gasteiger partial charge < -0.3 is 20.1 Å². The smallest absolute Gasteiger partial charge is 0.316 e. The number of aliphatic hydroxyl groups excluding tert-OH is 1. The fraction of sp³-hybridized carbons (Fsp3) is 0.575. The molecule has 0 radical (unpaired) electrons. The molecule has 2 aromatic rings. The number of carbonyl (C=O) groups is 3. The number of rotatable bonds is 9. The number of piperazine rings is 1. The standard InChI is InChI=1S/C40H53N3O5S/c1-6-38(4)24-33(39(5)27(2)16-18-40(28(3)37(38)47)19-17-31(44)36(39)40)48-35(46)26-49-32-15-11-10-14-30(32)41-34(45)25-42-20-22-43(23-21-42)29-12-8-7-9-13-29/h6-15,27-28,33,36-37,47H,1,16-26H2,2-5H3,(H,41,45)/t27-,28+,33-,36+,37+,38-,39+,40+/m1/s1. The van der Waals surface area contributed by atoms with Gasteiger partial charge in [-0.05, 0) is 67.2 Å². The lowest BCUT2D eigenvalue weighted by Gasteiger charge is -2.61. The highest BCUT2D eigenvalue weighted by atomic mass is 32.2. The number of esters is 1. The minimum Gasteiger partial charge on any atom is -0.461 e. The zero-order chi connectivity index (χ0) is 35.0. The van der Waals surface area contributed by atoms with E-state index in [1.54, 1.807) is 0 Å². The molecule has 2 aromatic carbocycles. The number of hydrogen-bond donors (Lipinski definition) is 2. The summed E-state index contributed by atoms with van der Waals surface area (Å²) < 4.78 is 6.44. The summed E-state index contributed by atoms with van der Waals surface area (Å²) in [4.78, 5) is 45.9. The summed E-state index contributed by atoms with van der Waals surface area (Å²) in [6.07, 6.45) is 4.09. The molecule has 8 atom stereocenters. The third-order valence-electron chi connectivity index (χ3n) is 12.9. The van der Waals surface area contributed by atoms with E-state index in [1.165, 1.54) is 17.4 Å². The van der Waals surface area contributed by atoms with Gasteiger partial charge in [0.2, 0.25) is 5.91 Å². The number of hydrogen-bond acceptors (Lipinski definition) is 8. The van der Waals surface area contributed by atoms with Crippen LogP contribution >= 0.6 is 11.8 Å². The lowest BCUT2D eigenvalue weighted by atomic mass is 9.44. The highest BCUT2D eigenvalue weighted by Crippen LogP contribution is 2.68. The highest BCUT2D eigenvalue weighted by Gasteiger charge is 2.68. The second-order valence-electron chi connectivity index (χ2n) is 15.5. The average Bonchev–Trinajstić information content (AvgIpc) is 3.46. The van der Waals surface area contributed by atoms with Crippen LogP contribution < -0.4 is 10.2 Å². The van der Waals surface area contributed by atoms with E-state index in [1.807, 2.05) is 55.5 Å². The molecule has 3 saturated carbocycles. The molecule has 6 rings (SSSR count). The molecule has 1 amide bonds. The van der Waals surface area contributed by atoms with Crippen LogP contribution in [0.3, 0.4) is 0 Å². The first-order valence-electron chi connectivity index (χ1n) is 18.0. The molecule has 0 unspecified atom stereocenters. The number of anilines is 2. The second kappa shape index (κ2) is 14.2. The van der Waals surface area contributed by atoms with Gasteiger partial charge in [0.25, 0.3) is 0 Å². The monoisotopic (exact) mass is 687 g/mol. The molecule has 8 nitrogen and oxygen atoms in total. The van der Waals surface area contributed by atoms with Crippen molar-refractivity contribution in [3.63, 3.8) is 0 Å². The van der Waals surface area contributed by atoms with Gasteiger partial charge in [0.05, 0.1) is 24.1 Å². The Balaban J connectivity index is 1.11. The van der Waals surface area contributed by atoms with E-state index in [9.17, 15) is 19.5 Å². The molecule has 264 valence electrons. The molecular formula is C40H53N3O5S. The number of para-hydroxylation sites is 2. The molecule has 0 spiro atoms. The summed E-state index contributed by atoms with van der Waals surface area (Å²) in [6.45, 7) is 16.2. The van der Waals surface area contributed by atoms with Crippen molar-refractivity contribution in [3.8, 4) is 0 Å².